The van der Waals surface area contributed by atoms with Crippen molar-refractivity contribution in [2.75, 3.05) is 6.61 Å². The second-order valence-electron chi connectivity index (χ2n) is 12.1. The van der Waals surface area contributed by atoms with Crippen molar-refractivity contribution in [3.8, 4) is 0 Å². The minimum Gasteiger partial charge on any atom is -0.394 e. The SMILES string of the molecule is CC(C)(CO)NC(=O)CCC1C2CC[C@@H]1C[C@](C)(CCCC(=O)c1csc3c1CCCC3)C2. The van der Waals surface area contributed by atoms with Crippen LogP contribution in [0.15, 0.2) is 5.38 Å². The number of aryl methyl sites for hydroxylation is 1. The lowest BCUT2D eigenvalue weighted by molar-refractivity contribution is -0.123. The van der Waals surface area contributed by atoms with Crippen LogP contribution in [0.25, 0.3) is 0 Å². The van der Waals surface area contributed by atoms with Gasteiger partial charge in [-0.1, -0.05) is 6.92 Å². The molecule has 33 heavy (non-hydrogen) atoms. The Bertz CT molecular complexity index is 843. The molecule has 3 aliphatic carbocycles. The van der Waals surface area contributed by atoms with Crippen LogP contribution < -0.4 is 5.32 Å². The minimum atomic E-state index is -0.541. The number of aliphatic hydroxyl groups excluding tert-OH is 1. The molecule has 5 heteroatoms. The van der Waals surface area contributed by atoms with Crippen LogP contribution in [-0.2, 0) is 17.6 Å². The third-order valence-electron chi connectivity index (χ3n) is 8.75. The van der Waals surface area contributed by atoms with Crippen molar-refractivity contribution < 1.29 is 14.7 Å². The standard InChI is InChI=1S/C28H43NO3S/c1-27(2,18-30)29-26(32)13-12-21-19-10-11-20(21)16-28(3,15-19)14-6-8-24(31)23-17-33-25-9-5-4-7-22(23)25/h17,19-21,30H,4-16,18H2,1-3H3,(H,29,32)/t19-,20?,21?,28+/m1/s1. The average Bonchev–Trinajstić information content (AvgIpc) is 3.31. The summed E-state index contributed by atoms with van der Waals surface area (Å²) >= 11 is 1.80. The second-order valence-corrected chi connectivity index (χ2v) is 13.1. The topological polar surface area (TPSA) is 66.4 Å². The quantitative estimate of drug-likeness (QED) is 0.404. The van der Waals surface area contributed by atoms with Gasteiger partial charge in [-0.3, -0.25) is 9.59 Å². The van der Waals surface area contributed by atoms with Gasteiger partial charge in [-0.05, 0) is 113 Å². The molecule has 0 radical (unpaired) electrons. The predicted octanol–water partition coefficient (Wildman–Crippen LogP) is 6.09. The van der Waals surface area contributed by atoms with Crippen LogP contribution in [0.3, 0.4) is 0 Å². The van der Waals surface area contributed by atoms with Crippen molar-refractivity contribution in [1.82, 2.24) is 5.32 Å². The fraction of sp³-hybridized carbons (Fsp3) is 0.786. The fourth-order valence-corrected chi connectivity index (χ4v) is 8.24. The summed E-state index contributed by atoms with van der Waals surface area (Å²) in [6.45, 7) is 6.13. The summed E-state index contributed by atoms with van der Waals surface area (Å²) in [5.41, 5.74) is 2.21. The van der Waals surface area contributed by atoms with Gasteiger partial charge in [0.2, 0.25) is 5.91 Å². The van der Waals surface area contributed by atoms with Crippen LogP contribution in [0.4, 0.5) is 0 Å². The Balaban J connectivity index is 1.24. The molecule has 0 aromatic carbocycles. The molecular weight excluding hydrogens is 430 g/mol. The van der Waals surface area contributed by atoms with Crippen molar-refractivity contribution in [3.63, 3.8) is 0 Å². The smallest absolute Gasteiger partial charge is 0.220 e. The number of hydrogen-bond donors (Lipinski definition) is 2. The highest BCUT2D eigenvalue weighted by Gasteiger charge is 2.46. The Morgan fingerprint density at radius 1 is 1.15 bits per heavy atom. The first-order chi connectivity index (χ1) is 15.7. The van der Waals surface area contributed by atoms with Gasteiger partial charge in [-0.2, -0.15) is 0 Å². The van der Waals surface area contributed by atoms with E-state index in [-0.39, 0.29) is 12.5 Å². The van der Waals surface area contributed by atoms with E-state index >= 15 is 0 Å². The van der Waals surface area contributed by atoms with Crippen molar-refractivity contribution in [3.05, 3.63) is 21.4 Å². The Labute approximate surface area is 203 Å². The Morgan fingerprint density at radius 2 is 1.85 bits per heavy atom. The molecule has 0 saturated heterocycles. The van der Waals surface area contributed by atoms with Gasteiger partial charge in [0.15, 0.2) is 5.78 Å². The highest BCUT2D eigenvalue weighted by molar-refractivity contribution is 7.10. The summed E-state index contributed by atoms with van der Waals surface area (Å²) < 4.78 is 0. The molecule has 184 valence electrons. The number of thiophene rings is 1. The molecule has 0 spiro atoms. The molecule has 2 saturated carbocycles. The molecule has 2 bridgehead atoms. The summed E-state index contributed by atoms with van der Waals surface area (Å²) in [5, 5.41) is 14.5. The zero-order valence-electron chi connectivity index (χ0n) is 20.9. The number of amides is 1. The Hall–Kier alpha value is -1.20. The molecule has 1 aromatic heterocycles. The van der Waals surface area contributed by atoms with Crippen LogP contribution in [0, 0.1) is 23.2 Å². The Kier molecular flexibility index (Phi) is 7.69. The average molecular weight is 474 g/mol. The highest BCUT2D eigenvalue weighted by Crippen LogP contribution is 2.56. The molecule has 2 unspecified atom stereocenters. The molecule has 4 nitrogen and oxygen atoms in total. The number of nitrogens with one attached hydrogen (secondary N) is 1. The summed E-state index contributed by atoms with van der Waals surface area (Å²) in [6.07, 6.45) is 14.2. The van der Waals surface area contributed by atoms with Gasteiger partial charge in [0.25, 0.3) is 0 Å². The van der Waals surface area contributed by atoms with E-state index < -0.39 is 5.54 Å². The molecule has 2 N–H and O–H groups in total. The lowest BCUT2D eigenvalue weighted by Gasteiger charge is -2.43. The zero-order valence-corrected chi connectivity index (χ0v) is 21.7. The molecule has 4 atom stereocenters. The zero-order chi connectivity index (χ0) is 23.6. The normalized spacial score (nSPS) is 29.0. The largest absolute Gasteiger partial charge is 0.394 e. The molecule has 1 amide bonds. The number of ketones is 1. The summed E-state index contributed by atoms with van der Waals surface area (Å²) in [5.74, 6) is 2.56. The molecular formula is C28H43NO3S. The van der Waals surface area contributed by atoms with Gasteiger partial charge in [0.1, 0.15) is 0 Å². The number of fused-ring (bicyclic) bond motifs is 3. The van der Waals surface area contributed by atoms with Crippen molar-refractivity contribution >= 4 is 23.0 Å². The van der Waals surface area contributed by atoms with Gasteiger partial charge in [-0.25, -0.2) is 0 Å². The van der Waals surface area contributed by atoms with Gasteiger partial charge in [0, 0.05) is 28.7 Å². The number of rotatable bonds is 10. The first-order valence-electron chi connectivity index (χ1n) is 13.2. The first kappa shape index (κ1) is 24.9. The van der Waals surface area contributed by atoms with E-state index in [0.717, 1.165) is 49.5 Å². The van der Waals surface area contributed by atoms with Crippen LogP contribution in [0.5, 0.6) is 0 Å². The van der Waals surface area contributed by atoms with Crippen molar-refractivity contribution in [2.24, 2.45) is 23.2 Å². The van der Waals surface area contributed by atoms with Gasteiger partial charge >= 0.3 is 0 Å². The second kappa shape index (κ2) is 10.2. The number of hydrogen-bond acceptors (Lipinski definition) is 4. The van der Waals surface area contributed by atoms with Crippen LogP contribution in [0.1, 0.15) is 112 Å². The summed E-state index contributed by atoms with van der Waals surface area (Å²) in [4.78, 5) is 26.8. The molecule has 4 rings (SSSR count). The van der Waals surface area contributed by atoms with E-state index in [0.29, 0.717) is 30.0 Å². The van der Waals surface area contributed by atoms with Crippen LogP contribution >= 0.6 is 11.3 Å². The third-order valence-corrected chi connectivity index (χ3v) is 9.84. The number of carbonyl (C=O) groups is 2. The van der Waals surface area contributed by atoms with E-state index in [4.69, 9.17) is 0 Å². The maximum absolute atomic E-state index is 12.9. The van der Waals surface area contributed by atoms with E-state index in [1.54, 1.807) is 11.3 Å². The number of Topliss-reactive ketones (excluding diaryl/α,β-unsaturated/α-hetero) is 1. The fourth-order valence-electron chi connectivity index (χ4n) is 7.09. The summed E-state index contributed by atoms with van der Waals surface area (Å²) in [7, 11) is 0. The van der Waals surface area contributed by atoms with Crippen molar-refractivity contribution in [1.29, 1.82) is 0 Å². The van der Waals surface area contributed by atoms with E-state index in [9.17, 15) is 14.7 Å². The monoisotopic (exact) mass is 473 g/mol. The van der Waals surface area contributed by atoms with Gasteiger partial charge < -0.3 is 10.4 Å². The minimum absolute atomic E-state index is 0.0385. The van der Waals surface area contributed by atoms with E-state index in [1.165, 1.54) is 49.0 Å². The lowest BCUT2D eigenvalue weighted by Crippen LogP contribution is -2.46. The maximum atomic E-state index is 12.9. The predicted molar refractivity (Wildman–Crippen MR) is 135 cm³/mol. The molecule has 1 heterocycles. The van der Waals surface area contributed by atoms with Gasteiger partial charge in [-0.15, -0.1) is 11.3 Å². The third kappa shape index (κ3) is 5.90. The molecule has 3 aliphatic rings. The van der Waals surface area contributed by atoms with E-state index in [1.807, 2.05) is 13.8 Å². The first-order valence-corrected chi connectivity index (χ1v) is 14.1. The summed E-state index contributed by atoms with van der Waals surface area (Å²) in [6, 6.07) is 0. The van der Waals surface area contributed by atoms with E-state index in [2.05, 4.69) is 17.6 Å². The van der Waals surface area contributed by atoms with Gasteiger partial charge in [0.05, 0.1) is 12.1 Å². The number of aliphatic hydroxyl groups is 1. The maximum Gasteiger partial charge on any atom is 0.220 e. The van der Waals surface area contributed by atoms with Crippen LogP contribution in [-0.4, -0.2) is 28.9 Å². The van der Waals surface area contributed by atoms with Crippen LogP contribution in [0.2, 0.25) is 0 Å². The number of carbonyl (C=O) groups excluding carboxylic acids is 2. The molecule has 0 aliphatic heterocycles. The molecule has 1 aromatic rings. The lowest BCUT2D eigenvalue weighted by atomic mass is 9.62. The molecule has 2 fully saturated rings. The Morgan fingerprint density at radius 3 is 2.55 bits per heavy atom. The van der Waals surface area contributed by atoms with Crippen molar-refractivity contribution in [2.45, 2.75) is 110 Å². The highest BCUT2D eigenvalue weighted by atomic mass is 32.1.